The zero-order valence-electron chi connectivity index (χ0n) is 13.9. The highest BCUT2D eigenvalue weighted by Crippen LogP contribution is 2.45. The number of nitro groups is 1. The molecule has 0 bridgehead atoms. The zero-order valence-corrected chi connectivity index (χ0v) is 13.9. The third-order valence-electron chi connectivity index (χ3n) is 4.99. The molecule has 0 unspecified atom stereocenters. The van der Waals surface area contributed by atoms with Gasteiger partial charge in [-0.15, -0.1) is 0 Å². The number of carbonyl (C=O) groups is 2. The second-order valence-electron chi connectivity index (χ2n) is 6.49. The van der Waals surface area contributed by atoms with Crippen molar-refractivity contribution in [1.29, 1.82) is 0 Å². The number of amides is 1. The quantitative estimate of drug-likeness (QED) is 0.509. The first-order valence-electron chi connectivity index (χ1n) is 8.30. The minimum atomic E-state index is -0.715. The number of nitrogens with one attached hydrogen (secondary N) is 1. The van der Waals surface area contributed by atoms with Crippen LogP contribution in [-0.4, -0.2) is 29.5 Å². The molecular weight excluding hydrogens is 328 g/mol. The highest BCUT2D eigenvalue weighted by molar-refractivity contribution is 5.98. The first kappa shape index (κ1) is 17.2. The Balaban J connectivity index is 1.81. The Hall–Kier alpha value is -2.64. The molecule has 1 N–H and O–H groups in total. The lowest BCUT2D eigenvalue weighted by molar-refractivity contribution is -0.384. The zero-order chi connectivity index (χ0) is 18.0. The topological polar surface area (TPSA) is 108 Å². The number of rotatable bonds is 4. The maximum absolute atomic E-state index is 12.8. The highest BCUT2D eigenvalue weighted by Gasteiger charge is 2.52. The van der Waals surface area contributed by atoms with Crippen LogP contribution in [0.3, 0.4) is 0 Å². The van der Waals surface area contributed by atoms with Crippen LogP contribution in [0, 0.1) is 16.0 Å². The van der Waals surface area contributed by atoms with E-state index in [0.29, 0.717) is 18.5 Å². The molecule has 25 heavy (non-hydrogen) atoms. The van der Waals surface area contributed by atoms with Gasteiger partial charge in [-0.3, -0.25) is 19.7 Å². The van der Waals surface area contributed by atoms with Crippen molar-refractivity contribution in [1.82, 2.24) is 0 Å². The summed E-state index contributed by atoms with van der Waals surface area (Å²) in [6, 6.07) is 3.98. The number of ether oxygens (including phenoxy) is 2. The second kappa shape index (κ2) is 6.70. The van der Waals surface area contributed by atoms with Crippen molar-refractivity contribution in [3.63, 3.8) is 0 Å². The summed E-state index contributed by atoms with van der Waals surface area (Å²) < 4.78 is 10.7. The highest BCUT2D eigenvalue weighted by atomic mass is 16.6. The second-order valence-corrected chi connectivity index (χ2v) is 6.49. The van der Waals surface area contributed by atoms with Gasteiger partial charge in [-0.2, -0.15) is 0 Å². The average Bonchev–Trinajstić information content (AvgIpc) is 2.91. The molecule has 1 aliphatic heterocycles. The number of hydrogen-bond donors (Lipinski definition) is 1. The molecule has 1 saturated carbocycles. The molecule has 1 amide bonds. The number of hydrogen-bond acceptors (Lipinski definition) is 6. The van der Waals surface area contributed by atoms with Gasteiger partial charge in [0.15, 0.2) is 0 Å². The Kier molecular flexibility index (Phi) is 4.61. The van der Waals surface area contributed by atoms with Gasteiger partial charge in [0.1, 0.15) is 11.4 Å². The van der Waals surface area contributed by atoms with Crippen LogP contribution in [0.2, 0.25) is 0 Å². The van der Waals surface area contributed by atoms with E-state index in [1.165, 1.54) is 25.3 Å². The summed E-state index contributed by atoms with van der Waals surface area (Å²) in [5, 5.41) is 13.6. The van der Waals surface area contributed by atoms with Gasteiger partial charge >= 0.3 is 5.97 Å². The van der Waals surface area contributed by atoms with E-state index in [1.807, 2.05) is 0 Å². The first-order valence-corrected chi connectivity index (χ1v) is 8.30. The van der Waals surface area contributed by atoms with Crippen molar-refractivity contribution in [2.45, 2.75) is 44.1 Å². The fraction of sp³-hybridized carbons (Fsp3) is 0.529. The predicted octanol–water partition coefficient (Wildman–Crippen LogP) is 2.81. The SMILES string of the molecule is COc1cc([N+](=O)[O-])ccc1NC(=O)[C@H]1CC(=O)OC12CCCCC2. The molecule has 8 heteroatoms. The summed E-state index contributed by atoms with van der Waals surface area (Å²) >= 11 is 0. The molecule has 0 radical (unpaired) electrons. The molecule has 0 aromatic heterocycles. The maximum Gasteiger partial charge on any atom is 0.307 e. The number of carbonyl (C=O) groups excluding carboxylic acids is 2. The largest absolute Gasteiger partial charge is 0.494 e. The lowest BCUT2D eigenvalue weighted by atomic mass is 9.75. The molecule has 1 aromatic rings. The van der Waals surface area contributed by atoms with Crippen molar-refractivity contribution < 1.29 is 24.0 Å². The molecule has 1 spiro atoms. The van der Waals surface area contributed by atoms with E-state index in [9.17, 15) is 19.7 Å². The summed E-state index contributed by atoms with van der Waals surface area (Å²) in [5.74, 6) is -1.02. The molecular formula is C17H20N2O6. The standard InChI is InChI=1S/C17H20N2O6/c1-24-14-9-11(19(22)23)5-6-13(14)18-16(21)12-10-15(20)25-17(12)7-3-2-4-8-17/h5-6,9,12H,2-4,7-8,10H2,1H3,(H,18,21)/t12-/m1/s1. The van der Waals surface area contributed by atoms with Crippen molar-refractivity contribution in [3.8, 4) is 5.75 Å². The summed E-state index contributed by atoms with van der Waals surface area (Å²) in [7, 11) is 1.37. The minimum absolute atomic E-state index is 0.0567. The molecule has 1 atom stereocenters. The van der Waals surface area contributed by atoms with Gasteiger partial charge in [0, 0.05) is 6.07 Å². The molecule has 3 rings (SSSR count). The van der Waals surface area contributed by atoms with E-state index in [-0.39, 0.29) is 29.7 Å². The fourth-order valence-electron chi connectivity index (χ4n) is 3.74. The van der Waals surface area contributed by atoms with Crippen LogP contribution in [0.25, 0.3) is 0 Å². The smallest absolute Gasteiger partial charge is 0.307 e. The maximum atomic E-state index is 12.8. The van der Waals surface area contributed by atoms with Crippen molar-refractivity contribution in [2.75, 3.05) is 12.4 Å². The van der Waals surface area contributed by atoms with E-state index < -0.39 is 16.4 Å². The van der Waals surface area contributed by atoms with Gasteiger partial charge in [0.25, 0.3) is 5.69 Å². The normalized spacial score (nSPS) is 21.6. The Morgan fingerprint density at radius 1 is 1.36 bits per heavy atom. The van der Waals surface area contributed by atoms with E-state index in [0.717, 1.165) is 19.3 Å². The number of nitro benzene ring substituents is 1. The third kappa shape index (κ3) is 3.29. The molecule has 1 saturated heterocycles. The van der Waals surface area contributed by atoms with Crippen LogP contribution < -0.4 is 10.1 Å². The van der Waals surface area contributed by atoms with Crippen LogP contribution in [0.4, 0.5) is 11.4 Å². The number of nitrogens with zero attached hydrogens (tertiary/aromatic N) is 1. The molecule has 134 valence electrons. The average molecular weight is 348 g/mol. The van der Waals surface area contributed by atoms with Crippen LogP contribution >= 0.6 is 0 Å². The first-order chi connectivity index (χ1) is 11.9. The van der Waals surface area contributed by atoms with Gasteiger partial charge < -0.3 is 14.8 Å². The Bertz CT molecular complexity index is 711. The van der Waals surface area contributed by atoms with E-state index in [2.05, 4.69) is 5.32 Å². The van der Waals surface area contributed by atoms with Crippen molar-refractivity contribution >= 4 is 23.3 Å². The van der Waals surface area contributed by atoms with E-state index in [1.54, 1.807) is 0 Å². The van der Waals surface area contributed by atoms with Gasteiger partial charge in [-0.1, -0.05) is 6.42 Å². The van der Waals surface area contributed by atoms with Crippen LogP contribution in [-0.2, 0) is 14.3 Å². The number of benzene rings is 1. The van der Waals surface area contributed by atoms with Crippen LogP contribution in [0.5, 0.6) is 5.75 Å². The van der Waals surface area contributed by atoms with Crippen molar-refractivity contribution in [2.24, 2.45) is 5.92 Å². The molecule has 1 aromatic carbocycles. The number of methoxy groups -OCH3 is 1. The lowest BCUT2D eigenvalue weighted by Gasteiger charge is -2.36. The van der Waals surface area contributed by atoms with E-state index >= 15 is 0 Å². The molecule has 1 heterocycles. The van der Waals surface area contributed by atoms with E-state index in [4.69, 9.17) is 9.47 Å². The van der Waals surface area contributed by atoms with Gasteiger partial charge in [0.05, 0.1) is 36.1 Å². The summed E-state index contributed by atoms with van der Waals surface area (Å²) in [6.07, 6.45) is 4.36. The summed E-state index contributed by atoms with van der Waals surface area (Å²) in [6.45, 7) is 0. The number of anilines is 1. The lowest BCUT2D eigenvalue weighted by Crippen LogP contribution is -2.43. The van der Waals surface area contributed by atoms with Gasteiger partial charge in [-0.25, -0.2) is 0 Å². The molecule has 2 fully saturated rings. The molecule has 8 nitrogen and oxygen atoms in total. The van der Waals surface area contributed by atoms with Gasteiger partial charge in [-0.05, 0) is 31.7 Å². The summed E-state index contributed by atoms with van der Waals surface area (Å²) in [4.78, 5) is 34.9. The van der Waals surface area contributed by atoms with Crippen molar-refractivity contribution in [3.05, 3.63) is 28.3 Å². The molecule has 1 aliphatic carbocycles. The fourth-order valence-corrected chi connectivity index (χ4v) is 3.74. The van der Waals surface area contributed by atoms with Crippen LogP contribution in [0.15, 0.2) is 18.2 Å². The molecule has 2 aliphatic rings. The monoisotopic (exact) mass is 348 g/mol. The third-order valence-corrected chi connectivity index (χ3v) is 4.99. The number of esters is 1. The van der Waals surface area contributed by atoms with Crippen LogP contribution in [0.1, 0.15) is 38.5 Å². The summed E-state index contributed by atoms with van der Waals surface area (Å²) in [5.41, 5.74) is -0.505. The Labute approximate surface area is 144 Å². The number of non-ortho nitro benzene ring substituents is 1. The van der Waals surface area contributed by atoms with Gasteiger partial charge in [0.2, 0.25) is 5.91 Å². The minimum Gasteiger partial charge on any atom is -0.494 e. The Morgan fingerprint density at radius 2 is 2.08 bits per heavy atom. The Morgan fingerprint density at radius 3 is 2.72 bits per heavy atom. The predicted molar refractivity (Wildman–Crippen MR) is 88.3 cm³/mol.